The van der Waals surface area contributed by atoms with Gasteiger partial charge in [0.1, 0.15) is 0 Å². The van der Waals surface area contributed by atoms with Gasteiger partial charge in [0.25, 0.3) is 0 Å². The molecular weight excluding hydrogens is 259 g/mol. The fourth-order valence-electron chi connectivity index (χ4n) is 1.17. The SMILES string of the molecule is CC/C(=C/c1ccc(C)c(Cl)c1)CBr. The minimum absolute atomic E-state index is 0.837. The molecule has 14 heavy (non-hydrogen) atoms. The van der Waals surface area contributed by atoms with E-state index in [2.05, 4.69) is 41.1 Å². The number of halogens is 2. The van der Waals surface area contributed by atoms with Crippen molar-refractivity contribution >= 4 is 33.6 Å². The van der Waals surface area contributed by atoms with Crippen molar-refractivity contribution in [2.24, 2.45) is 0 Å². The predicted molar refractivity (Wildman–Crippen MR) is 68.3 cm³/mol. The Kier molecular flexibility index (Phi) is 4.70. The fourth-order valence-corrected chi connectivity index (χ4v) is 1.92. The molecule has 0 aromatic heterocycles. The van der Waals surface area contributed by atoms with Crippen LogP contribution in [0.1, 0.15) is 24.5 Å². The van der Waals surface area contributed by atoms with Crippen LogP contribution in [0, 0.1) is 6.92 Å². The lowest BCUT2D eigenvalue weighted by atomic mass is 10.1. The lowest BCUT2D eigenvalue weighted by Gasteiger charge is -2.02. The van der Waals surface area contributed by atoms with Gasteiger partial charge in [0.05, 0.1) is 0 Å². The molecule has 0 unspecified atom stereocenters. The molecule has 1 aromatic carbocycles. The molecule has 0 N–H and O–H groups in total. The van der Waals surface area contributed by atoms with Crippen LogP contribution in [-0.4, -0.2) is 5.33 Å². The molecule has 1 aromatic rings. The van der Waals surface area contributed by atoms with E-state index in [-0.39, 0.29) is 0 Å². The molecule has 76 valence electrons. The van der Waals surface area contributed by atoms with E-state index < -0.39 is 0 Å². The highest BCUT2D eigenvalue weighted by Gasteiger charge is 1.97. The number of aryl methyl sites for hydroxylation is 1. The zero-order valence-electron chi connectivity index (χ0n) is 8.48. The smallest absolute Gasteiger partial charge is 0.0441 e. The second kappa shape index (κ2) is 5.57. The van der Waals surface area contributed by atoms with E-state index in [1.807, 2.05) is 13.0 Å². The van der Waals surface area contributed by atoms with Crippen LogP contribution in [0.4, 0.5) is 0 Å². The van der Waals surface area contributed by atoms with Gasteiger partial charge in [-0.2, -0.15) is 0 Å². The molecule has 0 saturated carbocycles. The predicted octanol–water partition coefficient (Wildman–Crippen LogP) is 4.84. The average molecular weight is 274 g/mol. The summed E-state index contributed by atoms with van der Waals surface area (Å²) in [4.78, 5) is 0. The Bertz CT molecular complexity index is 336. The molecule has 1 rings (SSSR count). The van der Waals surface area contributed by atoms with Gasteiger partial charge in [0.15, 0.2) is 0 Å². The summed E-state index contributed by atoms with van der Waals surface area (Å²) in [5.74, 6) is 0. The normalized spacial score (nSPS) is 11.9. The largest absolute Gasteiger partial charge is 0.0880 e. The highest BCUT2D eigenvalue weighted by atomic mass is 79.9. The molecule has 0 aliphatic heterocycles. The van der Waals surface area contributed by atoms with Gasteiger partial charge in [-0.05, 0) is 30.5 Å². The molecule has 0 spiro atoms. The monoisotopic (exact) mass is 272 g/mol. The summed E-state index contributed by atoms with van der Waals surface area (Å²) in [6.45, 7) is 4.17. The van der Waals surface area contributed by atoms with Gasteiger partial charge in [-0.1, -0.05) is 58.2 Å². The number of allylic oxidation sites excluding steroid dienone is 1. The first-order chi connectivity index (χ1) is 6.67. The van der Waals surface area contributed by atoms with E-state index in [0.29, 0.717) is 0 Å². The molecule has 0 aliphatic rings. The minimum atomic E-state index is 0.837. The highest BCUT2D eigenvalue weighted by molar-refractivity contribution is 9.09. The van der Waals surface area contributed by atoms with Crippen LogP contribution < -0.4 is 0 Å². The van der Waals surface area contributed by atoms with Crippen LogP contribution >= 0.6 is 27.5 Å². The summed E-state index contributed by atoms with van der Waals surface area (Å²) >= 11 is 9.51. The molecule has 0 amide bonds. The Labute approximate surface area is 99.1 Å². The third-order valence-electron chi connectivity index (χ3n) is 2.19. The first-order valence-electron chi connectivity index (χ1n) is 4.69. The highest BCUT2D eigenvalue weighted by Crippen LogP contribution is 2.19. The lowest BCUT2D eigenvalue weighted by Crippen LogP contribution is -1.83. The Balaban J connectivity index is 2.97. The van der Waals surface area contributed by atoms with Crippen molar-refractivity contribution in [3.63, 3.8) is 0 Å². The Morgan fingerprint density at radius 2 is 2.21 bits per heavy atom. The number of rotatable bonds is 3. The van der Waals surface area contributed by atoms with Crippen LogP contribution in [0.25, 0.3) is 6.08 Å². The molecule has 0 saturated heterocycles. The number of hydrogen-bond acceptors (Lipinski definition) is 0. The molecule has 0 bridgehead atoms. The maximum Gasteiger partial charge on any atom is 0.0441 e. The summed E-state index contributed by atoms with van der Waals surface area (Å²) in [6, 6.07) is 6.16. The molecule has 0 fully saturated rings. The maximum atomic E-state index is 6.04. The van der Waals surface area contributed by atoms with Crippen LogP contribution in [0.5, 0.6) is 0 Å². The average Bonchev–Trinajstić information content (AvgIpc) is 2.19. The van der Waals surface area contributed by atoms with Gasteiger partial charge in [-0.15, -0.1) is 0 Å². The zero-order valence-corrected chi connectivity index (χ0v) is 10.8. The van der Waals surface area contributed by atoms with Crippen molar-refractivity contribution in [2.45, 2.75) is 20.3 Å². The topological polar surface area (TPSA) is 0 Å². The van der Waals surface area contributed by atoms with Crippen LogP contribution in [-0.2, 0) is 0 Å². The number of hydrogen-bond donors (Lipinski definition) is 0. The summed E-state index contributed by atoms with van der Waals surface area (Å²) in [5, 5.41) is 1.76. The fraction of sp³-hybridized carbons (Fsp3) is 0.333. The summed E-state index contributed by atoms with van der Waals surface area (Å²) in [7, 11) is 0. The van der Waals surface area contributed by atoms with Crippen molar-refractivity contribution in [3.05, 3.63) is 39.9 Å². The Morgan fingerprint density at radius 3 is 2.71 bits per heavy atom. The van der Waals surface area contributed by atoms with Gasteiger partial charge in [-0.25, -0.2) is 0 Å². The van der Waals surface area contributed by atoms with Crippen molar-refractivity contribution < 1.29 is 0 Å². The van der Waals surface area contributed by atoms with Crippen molar-refractivity contribution in [1.82, 2.24) is 0 Å². The van der Waals surface area contributed by atoms with Crippen molar-refractivity contribution in [1.29, 1.82) is 0 Å². The van der Waals surface area contributed by atoms with E-state index in [1.165, 1.54) is 11.1 Å². The molecule has 0 aliphatic carbocycles. The van der Waals surface area contributed by atoms with E-state index in [9.17, 15) is 0 Å². The number of alkyl halides is 1. The standard InChI is InChI=1S/C12H14BrCl/c1-3-10(8-13)6-11-5-4-9(2)12(14)7-11/h4-7H,3,8H2,1-2H3/b10-6-. The second-order valence-corrected chi connectivity index (χ2v) is 4.27. The quantitative estimate of drug-likeness (QED) is 0.692. The maximum absolute atomic E-state index is 6.04. The van der Waals surface area contributed by atoms with Crippen molar-refractivity contribution in [2.75, 3.05) is 5.33 Å². The lowest BCUT2D eigenvalue weighted by molar-refractivity contribution is 1.12. The second-order valence-electron chi connectivity index (χ2n) is 3.30. The Hall–Kier alpha value is -0.270. The third-order valence-corrected chi connectivity index (χ3v) is 3.32. The van der Waals surface area contributed by atoms with Crippen LogP contribution in [0.15, 0.2) is 23.8 Å². The van der Waals surface area contributed by atoms with Gasteiger partial charge in [0, 0.05) is 10.4 Å². The third kappa shape index (κ3) is 3.14. The number of benzene rings is 1. The minimum Gasteiger partial charge on any atom is -0.0880 e. The van der Waals surface area contributed by atoms with E-state index in [0.717, 1.165) is 22.3 Å². The first kappa shape index (κ1) is 11.8. The van der Waals surface area contributed by atoms with Crippen LogP contribution in [0.2, 0.25) is 5.02 Å². The molecule has 0 atom stereocenters. The molecule has 0 nitrogen and oxygen atoms in total. The molecule has 2 heteroatoms. The Morgan fingerprint density at radius 1 is 1.50 bits per heavy atom. The first-order valence-corrected chi connectivity index (χ1v) is 6.19. The van der Waals surface area contributed by atoms with Gasteiger partial charge in [0.2, 0.25) is 0 Å². The van der Waals surface area contributed by atoms with Gasteiger partial charge in [-0.3, -0.25) is 0 Å². The zero-order chi connectivity index (χ0) is 10.6. The van der Waals surface area contributed by atoms with Crippen LogP contribution in [0.3, 0.4) is 0 Å². The summed E-state index contributed by atoms with van der Waals surface area (Å²) in [6.07, 6.45) is 3.25. The molecule has 0 radical (unpaired) electrons. The summed E-state index contributed by atoms with van der Waals surface area (Å²) < 4.78 is 0. The van der Waals surface area contributed by atoms with E-state index in [1.54, 1.807) is 0 Å². The van der Waals surface area contributed by atoms with Gasteiger partial charge >= 0.3 is 0 Å². The van der Waals surface area contributed by atoms with E-state index >= 15 is 0 Å². The molecular formula is C12H14BrCl. The van der Waals surface area contributed by atoms with E-state index in [4.69, 9.17) is 11.6 Å². The van der Waals surface area contributed by atoms with Crippen molar-refractivity contribution in [3.8, 4) is 0 Å². The van der Waals surface area contributed by atoms with Gasteiger partial charge < -0.3 is 0 Å². The molecule has 0 heterocycles. The summed E-state index contributed by atoms with van der Waals surface area (Å²) in [5.41, 5.74) is 3.68.